The summed E-state index contributed by atoms with van der Waals surface area (Å²) in [6, 6.07) is 3.20. The Hall–Kier alpha value is -1.02. The van der Waals surface area contributed by atoms with Crippen molar-refractivity contribution in [2.24, 2.45) is 0 Å². The van der Waals surface area contributed by atoms with Gasteiger partial charge in [0, 0.05) is 18.2 Å². The first-order chi connectivity index (χ1) is 9.89. The van der Waals surface area contributed by atoms with Gasteiger partial charge < -0.3 is 14.2 Å². The van der Waals surface area contributed by atoms with E-state index in [0.29, 0.717) is 29.7 Å². The normalized spacial score (nSPS) is 11.4. The van der Waals surface area contributed by atoms with Crippen molar-refractivity contribution in [1.82, 2.24) is 0 Å². The van der Waals surface area contributed by atoms with Crippen LogP contribution in [0.4, 0.5) is 5.69 Å². The number of anilines is 1. The van der Waals surface area contributed by atoms with Crippen molar-refractivity contribution in [3.8, 4) is 5.75 Å². The van der Waals surface area contributed by atoms with E-state index in [-0.39, 0.29) is 12.4 Å². The molecule has 0 saturated heterocycles. The molecule has 0 bridgehead atoms. The minimum atomic E-state index is -3.52. The number of aryl methyl sites for hydroxylation is 1. The third kappa shape index (κ3) is 6.09. The average Bonchev–Trinajstić information content (AvgIpc) is 2.42. The highest BCUT2D eigenvalue weighted by molar-refractivity contribution is 7.92. The Bertz CT molecular complexity index is 562. The van der Waals surface area contributed by atoms with E-state index in [1.807, 2.05) is 0 Å². The van der Waals surface area contributed by atoms with Crippen LogP contribution in [0.3, 0.4) is 0 Å². The lowest BCUT2D eigenvalue weighted by atomic mass is 10.2. The minimum absolute atomic E-state index is 0.0909. The Kier molecular flexibility index (Phi) is 7.24. The molecule has 8 heteroatoms. The fraction of sp³-hybridized carbons (Fsp3) is 0.538. The van der Waals surface area contributed by atoms with Crippen LogP contribution < -0.4 is 9.46 Å². The van der Waals surface area contributed by atoms with Gasteiger partial charge in [0.25, 0.3) is 0 Å². The van der Waals surface area contributed by atoms with Crippen LogP contribution in [0.1, 0.15) is 5.56 Å². The summed E-state index contributed by atoms with van der Waals surface area (Å²) in [5, 5.41) is 0.512. The smallest absolute Gasteiger partial charge is 0.235 e. The number of benzene rings is 1. The highest BCUT2D eigenvalue weighted by Gasteiger charge is 2.15. The van der Waals surface area contributed by atoms with Gasteiger partial charge in [-0.2, -0.15) is 0 Å². The molecule has 0 aliphatic heterocycles. The van der Waals surface area contributed by atoms with E-state index in [1.165, 1.54) is 7.11 Å². The highest BCUT2D eigenvalue weighted by atomic mass is 35.5. The molecule has 0 radical (unpaired) electrons. The van der Waals surface area contributed by atoms with Gasteiger partial charge in [-0.15, -0.1) is 0 Å². The van der Waals surface area contributed by atoms with Crippen molar-refractivity contribution in [2.45, 2.75) is 6.92 Å². The molecule has 1 rings (SSSR count). The lowest BCUT2D eigenvalue weighted by Crippen LogP contribution is -2.21. The summed E-state index contributed by atoms with van der Waals surface area (Å²) in [5.41, 5.74) is 1.11. The lowest BCUT2D eigenvalue weighted by molar-refractivity contribution is 0.0785. The van der Waals surface area contributed by atoms with E-state index in [4.69, 9.17) is 25.8 Å². The van der Waals surface area contributed by atoms with Gasteiger partial charge in [-0.25, -0.2) is 8.42 Å². The van der Waals surface area contributed by atoms with Crippen LogP contribution in [-0.2, 0) is 19.5 Å². The third-order valence-corrected chi connectivity index (χ3v) is 4.32. The minimum Gasteiger partial charge on any atom is -0.495 e. The van der Waals surface area contributed by atoms with Crippen LogP contribution >= 0.6 is 11.6 Å². The summed E-state index contributed by atoms with van der Waals surface area (Å²) < 4.78 is 41.5. The van der Waals surface area contributed by atoms with E-state index in [1.54, 1.807) is 26.2 Å². The van der Waals surface area contributed by atoms with Gasteiger partial charge in [0.05, 0.1) is 38.4 Å². The van der Waals surface area contributed by atoms with Crippen molar-refractivity contribution in [3.05, 3.63) is 22.7 Å². The molecule has 1 aromatic carbocycles. The number of sulfonamides is 1. The number of nitrogens with one attached hydrogen (secondary N) is 1. The fourth-order valence-electron chi connectivity index (χ4n) is 1.54. The molecule has 0 unspecified atom stereocenters. The molecule has 0 heterocycles. The Labute approximate surface area is 130 Å². The Morgan fingerprint density at radius 3 is 2.52 bits per heavy atom. The molecule has 0 aliphatic rings. The van der Waals surface area contributed by atoms with E-state index >= 15 is 0 Å². The maximum Gasteiger partial charge on any atom is 0.235 e. The second-order valence-electron chi connectivity index (χ2n) is 4.33. The number of halogens is 1. The zero-order valence-corrected chi connectivity index (χ0v) is 13.9. The summed E-state index contributed by atoms with van der Waals surface area (Å²) >= 11 is 5.98. The topological polar surface area (TPSA) is 73.9 Å². The van der Waals surface area contributed by atoms with Crippen molar-refractivity contribution < 1.29 is 22.6 Å². The molecule has 120 valence electrons. The molecular formula is C13H20ClNO5S. The van der Waals surface area contributed by atoms with Crippen LogP contribution in [0.15, 0.2) is 12.1 Å². The summed E-state index contributed by atoms with van der Waals surface area (Å²) in [7, 11) is -0.519. The molecule has 0 aromatic heterocycles. The highest BCUT2D eigenvalue weighted by Crippen LogP contribution is 2.31. The van der Waals surface area contributed by atoms with E-state index in [9.17, 15) is 8.42 Å². The zero-order chi connectivity index (χ0) is 15.9. The molecule has 6 nitrogen and oxygen atoms in total. The Balaban J connectivity index is 2.68. The zero-order valence-electron chi connectivity index (χ0n) is 12.3. The van der Waals surface area contributed by atoms with Gasteiger partial charge in [0.15, 0.2) is 0 Å². The number of hydrogen-bond donors (Lipinski definition) is 1. The van der Waals surface area contributed by atoms with Crippen molar-refractivity contribution >= 4 is 27.3 Å². The summed E-state index contributed by atoms with van der Waals surface area (Å²) in [5.74, 6) is 0.219. The van der Waals surface area contributed by atoms with Crippen LogP contribution in [0, 0.1) is 6.92 Å². The second kappa shape index (κ2) is 8.43. The largest absolute Gasteiger partial charge is 0.495 e. The number of methoxy groups -OCH3 is 2. The maximum atomic E-state index is 12.0. The molecule has 1 N–H and O–H groups in total. The molecule has 0 aliphatic carbocycles. The molecule has 0 atom stereocenters. The predicted octanol–water partition coefficient (Wildman–Crippen LogP) is 2.06. The Morgan fingerprint density at radius 2 is 1.90 bits per heavy atom. The van der Waals surface area contributed by atoms with Crippen LogP contribution in [0.5, 0.6) is 5.75 Å². The lowest BCUT2D eigenvalue weighted by Gasteiger charge is -2.13. The standard InChI is InChI=1S/C13H20ClNO5S/c1-10-8-12(13(19-3)9-11(10)14)15-21(16,17)7-6-20-5-4-18-2/h8-9,15H,4-7H2,1-3H3. The molecular weight excluding hydrogens is 318 g/mol. The quantitative estimate of drug-likeness (QED) is 0.698. The van der Waals surface area contributed by atoms with E-state index in [0.717, 1.165) is 5.56 Å². The fourth-order valence-corrected chi connectivity index (χ4v) is 2.63. The van der Waals surface area contributed by atoms with Crippen LogP contribution in [0.25, 0.3) is 0 Å². The molecule has 0 amide bonds. The van der Waals surface area contributed by atoms with Gasteiger partial charge >= 0.3 is 0 Å². The summed E-state index contributed by atoms with van der Waals surface area (Å²) in [4.78, 5) is 0. The first kappa shape index (κ1) is 18.0. The van der Waals surface area contributed by atoms with E-state index < -0.39 is 10.0 Å². The third-order valence-electron chi connectivity index (χ3n) is 2.67. The number of ether oxygens (including phenoxy) is 3. The SMILES string of the molecule is COCCOCCS(=O)(=O)Nc1cc(C)c(Cl)cc1OC. The molecule has 0 saturated carbocycles. The van der Waals surface area contributed by atoms with Gasteiger partial charge in [-0.3, -0.25) is 4.72 Å². The van der Waals surface area contributed by atoms with Crippen LogP contribution in [-0.4, -0.2) is 48.2 Å². The summed E-state index contributed by atoms with van der Waals surface area (Å²) in [6.45, 7) is 2.66. The van der Waals surface area contributed by atoms with Crippen molar-refractivity contribution in [2.75, 3.05) is 44.5 Å². The van der Waals surface area contributed by atoms with Gasteiger partial charge in [0.1, 0.15) is 5.75 Å². The molecule has 0 fully saturated rings. The number of rotatable bonds is 9. The van der Waals surface area contributed by atoms with Gasteiger partial charge in [-0.05, 0) is 18.6 Å². The molecule has 0 spiro atoms. The van der Waals surface area contributed by atoms with Crippen LogP contribution in [0.2, 0.25) is 5.02 Å². The monoisotopic (exact) mass is 337 g/mol. The second-order valence-corrected chi connectivity index (χ2v) is 6.58. The van der Waals surface area contributed by atoms with Crippen molar-refractivity contribution in [3.63, 3.8) is 0 Å². The summed E-state index contributed by atoms with van der Waals surface area (Å²) in [6.07, 6.45) is 0. The first-order valence-electron chi connectivity index (χ1n) is 6.31. The number of hydrogen-bond acceptors (Lipinski definition) is 5. The predicted molar refractivity (Wildman–Crippen MR) is 82.8 cm³/mol. The molecule has 21 heavy (non-hydrogen) atoms. The maximum absolute atomic E-state index is 12.0. The van der Waals surface area contributed by atoms with E-state index in [2.05, 4.69) is 4.72 Å². The van der Waals surface area contributed by atoms with Gasteiger partial charge in [-0.1, -0.05) is 11.6 Å². The average molecular weight is 338 g/mol. The Morgan fingerprint density at radius 1 is 1.19 bits per heavy atom. The van der Waals surface area contributed by atoms with Crippen molar-refractivity contribution in [1.29, 1.82) is 0 Å². The van der Waals surface area contributed by atoms with Gasteiger partial charge in [0.2, 0.25) is 10.0 Å². The molecule has 1 aromatic rings. The first-order valence-corrected chi connectivity index (χ1v) is 8.34.